The molecular weight excluding hydrogens is 439 g/mol. The summed E-state index contributed by atoms with van der Waals surface area (Å²) in [5.74, 6) is -0.823. The van der Waals surface area contributed by atoms with Crippen LogP contribution in [0.15, 0.2) is 103 Å². The van der Waals surface area contributed by atoms with Crippen LogP contribution in [0.4, 0.5) is 10.1 Å². The number of hydrogen-bond acceptors (Lipinski definition) is 2. The number of halogens is 1. The van der Waals surface area contributed by atoms with E-state index in [2.05, 4.69) is 5.32 Å². The third kappa shape index (κ3) is 6.64. The topological polar surface area (TPSA) is 49.4 Å². The Balaban J connectivity index is 1.47. The first-order chi connectivity index (χ1) is 17.0. The minimum atomic E-state index is -0.456. The van der Waals surface area contributed by atoms with Crippen molar-refractivity contribution in [2.45, 2.75) is 26.4 Å². The fourth-order valence-corrected chi connectivity index (χ4v) is 3.89. The highest BCUT2D eigenvalue weighted by molar-refractivity contribution is 6.06. The lowest BCUT2D eigenvalue weighted by molar-refractivity contribution is -0.120. The molecule has 0 radical (unpaired) electrons. The van der Waals surface area contributed by atoms with Crippen molar-refractivity contribution in [2.24, 2.45) is 0 Å². The molecule has 0 aromatic heterocycles. The molecule has 0 unspecified atom stereocenters. The van der Waals surface area contributed by atoms with Crippen LogP contribution in [0.2, 0.25) is 0 Å². The molecule has 0 aliphatic rings. The number of nitrogens with zero attached hydrogens (tertiary/aromatic N) is 1. The van der Waals surface area contributed by atoms with Gasteiger partial charge in [0.05, 0.1) is 13.0 Å². The minimum absolute atomic E-state index is 0.0729. The molecule has 4 aromatic rings. The summed E-state index contributed by atoms with van der Waals surface area (Å²) >= 11 is 0. The van der Waals surface area contributed by atoms with Crippen LogP contribution >= 0.6 is 0 Å². The molecule has 0 heterocycles. The molecule has 0 atom stereocenters. The molecule has 4 nitrogen and oxygen atoms in total. The lowest BCUT2D eigenvalue weighted by Crippen LogP contribution is -2.30. The number of nitrogens with one attached hydrogen (secondary N) is 1. The molecule has 0 saturated heterocycles. The summed E-state index contributed by atoms with van der Waals surface area (Å²) in [6.45, 7) is 2.84. The normalized spacial score (nSPS) is 10.6. The molecule has 35 heavy (non-hydrogen) atoms. The second-order valence-electron chi connectivity index (χ2n) is 8.50. The van der Waals surface area contributed by atoms with Gasteiger partial charge in [-0.25, -0.2) is 4.39 Å². The standard InChI is InChI=1S/C30H27FN2O2/c1-22-7-5-10-25(17-22)20-32-29(34)18-23-13-15-28(16-14-23)33(21-24-8-3-2-4-9-24)30(35)26-11-6-12-27(31)19-26/h2-17,19H,18,20-21H2,1H3,(H,32,34). The van der Waals surface area contributed by atoms with Crippen LogP contribution in [0, 0.1) is 12.7 Å². The zero-order valence-corrected chi connectivity index (χ0v) is 19.6. The third-order valence-electron chi connectivity index (χ3n) is 5.69. The van der Waals surface area contributed by atoms with E-state index in [9.17, 15) is 14.0 Å². The average Bonchev–Trinajstić information content (AvgIpc) is 2.87. The summed E-state index contributed by atoms with van der Waals surface area (Å²) in [5.41, 5.74) is 4.96. The van der Waals surface area contributed by atoms with Crippen LogP contribution in [-0.2, 0) is 24.3 Å². The van der Waals surface area contributed by atoms with Gasteiger partial charge in [0.15, 0.2) is 0 Å². The number of hydrogen-bond donors (Lipinski definition) is 1. The Morgan fingerprint density at radius 3 is 2.20 bits per heavy atom. The first-order valence-electron chi connectivity index (χ1n) is 11.5. The minimum Gasteiger partial charge on any atom is -0.352 e. The van der Waals surface area contributed by atoms with Crippen molar-refractivity contribution in [3.63, 3.8) is 0 Å². The summed E-state index contributed by atoms with van der Waals surface area (Å²) in [7, 11) is 0. The van der Waals surface area contributed by atoms with E-state index in [1.165, 1.54) is 18.2 Å². The first-order valence-corrected chi connectivity index (χ1v) is 11.5. The Labute approximate surface area is 205 Å². The maximum Gasteiger partial charge on any atom is 0.258 e. The van der Waals surface area contributed by atoms with Gasteiger partial charge in [0.1, 0.15) is 5.82 Å². The predicted molar refractivity (Wildman–Crippen MR) is 137 cm³/mol. The number of amides is 2. The average molecular weight is 467 g/mol. The van der Waals surface area contributed by atoms with E-state index in [1.54, 1.807) is 11.0 Å². The SMILES string of the molecule is Cc1cccc(CNC(=O)Cc2ccc(N(Cc3ccccc3)C(=O)c3cccc(F)c3)cc2)c1. The largest absolute Gasteiger partial charge is 0.352 e. The Bertz CT molecular complexity index is 1300. The maximum absolute atomic E-state index is 13.8. The Kier molecular flexibility index (Phi) is 7.68. The fraction of sp³-hybridized carbons (Fsp3) is 0.133. The summed E-state index contributed by atoms with van der Waals surface area (Å²) < 4.78 is 13.8. The molecular formula is C30H27FN2O2. The molecule has 0 saturated carbocycles. The molecule has 0 bridgehead atoms. The summed E-state index contributed by atoms with van der Waals surface area (Å²) in [6, 6.07) is 30.7. The predicted octanol–water partition coefficient (Wildman–Crippen LogP) is 5.84. The highest BCUT2D eigenvalue weighted by atomic mass is 19.1. The molecule has 5 heteroatoms. The smallest absolute Gasteiger partial charge is 0.258 e. The Morgan fingerprint density at radius 1 is 0.771 bits per heavy atom. The molecule has 0 aliphatic carbocycles. The molecule has 1 N–H and O–H groups in total. The number of carbonyl (C=O) groups is 2. The van der Waals surface area contributed by atoms with Gasteiger partial charge in [0.2, 0.25) is 5.91 Å². The fourth-order valence-electron chi connectivity index (χ4n) is 3.89. The molecule has 4 rings (SSSR count). The van der Waals surface area contributed by atoms with Gasteiger partial charge in [-0.3, -0.25) is 9.59 Å². The van der Waals surface area contributed by atoms with Crippen LogP contribution in [0.1, 0.15) is 32.6 Å². The number of benzene rings is 4. The van der Waals surface area contributed by atoms with Gasteiger partial charge in [-0.1, -0.05) is 78.4 Å². The molecule has 0 spiro atoms. The number of carbonyl (C=O) groups excluding carboxylic acids is 2. The molecule has 2 amide bonds. The van der Waals surface area contributed by atoms with Crippen molar-refractivity contribution in [3.8, 4) is 0 Å². The number of anilines is 1. The maximum atomic E-state index is 13.8. The van der Waals surface area contributed by atoms with Gasteiger partial charge < -0.3 is 10.2 Å². The highest BCUT2D eigenvalue weighted by Gasteiger charge is 2.19. The molecule has 0 aliphatic heterocycles. The van der Waals surface area contributed by atoms with Crippen LogP contribution in [-0.4, -0.2) is 11.8 Å². The van der Waals surface area contributed by atoms with Crippen LogP contribution in [0.5, 0.6) is 0 Å². The van der Waals surface area contributed by atoms with Crippen LogP contribution < -0.4 is 10.2 Å². The lowest BCUT2D eigenvalue weighted by atomic mass is 10.1. The first kappa shape index (κ1) is 23.9. The third-order valence-corrected chi connectivity index (χ3v) is 5.69. The van der Waals surface area contributed by atoms with Gasteiger partial charge in [-0.2, -0.15) is 0 Å². The lowest BCUT2D eigenvalue weighted by Gasteiger charge is -2.23. The van der Waals surface area contributed by atoms with Gasteiger partial charge in [0, 0.05) is 17.8 Å². The zero-order valence-electron chi connectivity index (χ0n) is 19.6. The number of aryl methyl sites for hydroxylation is 1. The van der Waals surface area contributed by atoms with Crippen LogP contribution in [0.25, 0.3) is 0 Å². The second-order valence-corrected chi connectivity index (χ2v) is 8.50. The zero-order chi connectivity index (χ0) is 24.6. The van der Waals surface area contributed by atoms with E-state index in [4.69, 9.17) is 0 Å². The molecule has 0 fully saturated rings. The van der Waals surface area contributed by atoms with E-state index < -0.39 is 5.82 Å². The molecule has 176 valence electrons. The highest BCUT2D eigenvalue weighted by Crippen LogP contribution is 2.22. The van der Waals surface area contributed by atoms with Crippen molar-refractivity contribution in [2.75, 3.05) is 4.90 Å². The quantitative estimate of drug-likeness (QED) is 0.355. The van der Waals surface area contributed by atoms with Crippen molar-refractivity contribution in [3.05, 3.63) is 137 Å². The van der Waals surface area contributed by atoms with E-state index in [1.807, 2.05) is 85.8 Å². The Hall–Kier alpha value is -4.25. The van der Waals surface area contributed by atoms with Crippen molar-refractivity contribution < 1.29 is 14.0 Å². The van der Waals surface area contributed by atoms with E-state index in [-0.39, 0.29) is 23.8 Å². The van der Waals surface area contributed by atoms with E-state index >= 15 is 0 Å². The van der Waals surface area contributed by atoms with Crippen molar-refractivity contribution in [1.82, 2.24) is 5.32 Å². The van der Waals surface area contributed by atoms with E-state index in [0.29, 0.717) is 18.8 Å². The summed E-state index contributed by atoms with van der Waals surface area (Å²) in [4.78, 5) is 27.4. The molecule has 4 aromatic carbocycles. The van der Waals surface area contributed by atoms with Crippen LogP contribution in [0.3, 0.4) is 0 Å². The van der Waals surface area contributed by atoms with Gasteiger partial charge in [-0.15, -0.1) is 0 Å². The van der Waals surface area contributed by atoms with Gasteiger partial charge in [0.25, 0.3) is 5.91 Å². The summed E-state index contributed by atoms with van der Waals surface area (Å²) in [5, 5.41) is 2.95. The van der Waals surface area contributed by atoms with E-state index in [0.717, 1.165) is 22.3 Å². The number of rotatable bonds is 8. The van der Waals surface area contributed by atoms with Gasteiger partial charge >= 0.3 is 0 Å². The summed E-state index contributed by atoms with van der Waals surface area (Å²) in [6.07, 6.45) is 0.239. The van der Waals surface area contributed by atoms with Crippen molar-refractivity contribution in [1.29, 1.82) is 0 Å². The monoisotopic (exact) mass is 466 g/mol. The second kappa shape index (κ2) is 11.3. The Morgan fingerprint density at radius 2 is 1.49 bits per heavy atom. The van der Waals surface area contributed by atoms with Gasteiger partial charge in [-0.05, 0) is 53.9 Å². The van der Waals surface area contributed by atoms with Crippen molar-refractivity contribution >= 4 is 17.5 Å².